The lowest BCUT2D eigenvalue weighted by Crippen LogP contribution is -2.14. The Bertz CT molecular complexity index is 590. The molecule has 1 amide bonds. The van der Waals surface area contributed by atoms with Gasteiger partial charge in [-0.2, -0.15) is 0 Å². The molecule has 2 rings (SSSR count). The lowest BCUT2D eigenvalue weighted by Gasteiger charge is -2.06. The van der Waals surface area contributed by atoms with Crippen molar-refractivity contribution >= 4 is 51.0 Å². The van der Waals surface area contributed by atoms with Gasteiger partial charge in [0.1, 0.15) is 0 Å². The third-order valence-electron chi connectivity index (χ3n) is 2.40. The van der Waals surface area contributed by atoms with Crippen LogP contribution in [0.15, 0.2) is 57.0 Å². The maximum absolute atomic E-state index is 11.9. The van der Waals surface area contributed by atoms with E-state index in [1.165, 1.54) is 11.8 Å². The van der Waals surface area contributed by atoms with Gasteiger partial charge in [0.15, 0.2) is 0 Å². The Labute approximate surface area is 135 Å². The molecule has 1 aromatic heterocycles. The number of thioether (sulfide) groups is 2. The number of halogens is 1. The minimum atomic E-state index is -0.0297. The molecule has 0 aliphatic rings. The summed E-state index contributed by atoms with van der Waals surface area (Å²) in [5, 5.41) is 3.72. The number of benzene rings is 1. The Morgan fingerprint density at radius 2 is 2.20 bits per heavy atom. The fourth-order valence-electron chi connectivity index (χ4n) is 1.49. The number of hydrogen-bond donors (Lipinski definition) is 1. The molecule has 3 nitrogen and oxygen atoms in total. The third kappa shape index (κ3) is 4.85. The Hall–Kier alpha value is -0.980. The first-order valence-corrected chi connectivity index (χ1v) is 8.86. The van der Waals surface area contributed by atoms with Crippen LogP contribution in [0.3, 0.4) is 0 Å². The summed E-state index contributed by atoms with van der Waals surface area (Å²) in [5.41, 5.74) is 0.825. The van der Waals surface area contributed by atoms with E-state index in [9.17, 15) is 4.79 Å². The maximum atomic E-state index is 11.9. The summed E-state index contributed by atoms with van der Waals surface area (Å²) in [6.07, 6.45) is 3.73. The van der Waals surface area contributed by atoms with E-state index in [4.69, 9.17) is 0 Å². The van der Waals surface area contributed by atoms with Crippen LogP contribution in [0, 0.1) is 0 Å². The van der Waals surface area contributed by atoms with Crippen LogP contribution in [0.2, 0.25) is 0 Å². The predicted molar refractivity (Wildman–Crippen MR) is 89.5 cm³/mol. The molecule has 0 bridgehead atoms. The van der Waals surface area contributed by atoms with E-state index in [0.717, 1.165) is 20.1 Å². The molecule has 6 heteroatoms. The van der Waals surface area contributed by atoms with Gasteiger partial charge in [0.25, 0.3) is 0 Å². The zero-order valence-electron chi connectivity index (χ0n) is 10.8. The predicted octanol–water partition coefficient (Wildman–Crippen LogP) is 4.30. The summed E-state index contributed by atoms with van der Waals surface area (Å²) in [4.78, 5) is 17.2. The molecule has 0 aliphatic heterocycles. The van der Waals surface area contributed by atoms with E-state index >= 15 is 0 Å². The fraction of sp³-hybridized carbons (Fsp3) is 0.143. The second kappa shape index (κ2) is 7.71. The van der Waals surface area contributed by atoms with E-state index in [2.05, 4.69) is 26.2 Å². The largest absolute Gasteiger partial charge is 0.325 e. The van der Waals surface area contributed by atoms with Crippen molar-refractivity contribution in [2.75, 3.05) is 17.3 Å². The van der Waals surface area contributed by atoms with Crippen molar-refractivity contribution in [3.8, 4) is 0 Å². The van der Waals surface area contributed by atoms with Gasteiger partial charge in [-0.05, 0) is 52.5 Å². The molecule has 0 unspecified atom stereocenters. The van der Waals surface area contributed by atoms with Gasteiger partial charge in [0.05, 0.1) is 10.8 Å². The van der Waals surface area contributed by atoms with E-state index in [-0.39, 0.29) is 5.91 Å². The first kappa shape index (κ1) is 15.4. The number of hydrogen-bond acceptors (Lipinski definition) is 4. The molecule has 0 spiro atoms. The Morgan fingerprint density at radius 1 is 1.35 bits per heavy atom. The van der Waals surface area contributed by atoms with Gasteiger partial charge in [-0.1, -0.05) is 17.8 Å². The number of anilines is 1. The van der Waals surface area contributed by atoms with Gasteiger partial charge in [-0.3, -0.25) is 4.79 Å². The van der Waals surface area contributed by atoms with Crippen molar-refractivity contribution in [3.63, 3.8) is 0 Å². The molecule has 0 saturated heterocycles. The third-order valence-corrected chi connectivity index (χ3v) is 4.54. The summed E-state index contributed by atoms with van der Waals surface area (Å²) in [7, 11) is 0. The minimum absolute atomic E-state index is 0.0297. The van der Waals surface area contributed by atoms with Crippen molar-refractivity contribution in [3.05, 3.63) is 47.1 Å². The molecule has 0 saturated carbocycles. The molecular weight excluding hydrogens is 356 g/mol. The molecule has 104 valence electrons. The standard InChI is InChI=1S/C14H13BrN2OS2/c1-19-12-4-2-3-11(7-12)17-13(18)9-20-14-6-5-10(15)8-16-14/h2-8H,9H2,1H3,(H,17,18). The zero-order valence-corrected chi connectivity index (χ0v) is 14.0. The van der Waals surface area contributed by atoms with E-state index < -0.39 is 0 Å². The van der Waals surface area contributed by atoms with Gasteiger partial charge in [0, 0.05) is 21.3 Å². The monoisotopic (exact) mass is 368 g/mol. The molecule has 1 N–H and O–H groups in total. The SMILES string of the molecule is CSc1cccc(NC(=O)CSc2ccc(Br)cn2)c1. The van der Waals surface area contributed by atoms with E-state index in [1.807, 2.05) is 42.7 Å². The van der Waals surface area contributed by atoms with Gasteiger partial charge >= 0.3 is 0 Å². The molecule has 1 aromatic carbocycles. The van der Waals surface area contributed by atoms with Gasteiger partial charge in [-0.15, -0.1) is 11.8 Å². The molecular formula is C14H13BrN2OS2. The number of nitrogens with one attached hydrogen (secondary N) is 1. The molecule has 2 aromatic rings. The fourth-order valence-corrected chi connectivity index (χ4v) is 2.82. The average Bonchev–Trinajstić information content (AvgIpc) is 2.47. The number of carbonyl (C=O) groups is 1. The minimum Gasteiger partial charge on any atom is -0.325 e. The molecule has 0 fully saturated rings. The number of pyridine rings is 1. The van der Waals surface area contributed by atoms with Crippen LogP contribution in [0.25, 0.3) is 0 Å². The summed E-state index contributed by atoms with van der Waals surface area (Å²) in [5.74, 6) is 0.316. The molecule has 0 radical (unpaired) electrons. The number of amides is 1. The quantitative estimate of drug-likeness (QED) is 0.798. The smallest absolute Gasteiger partial charge is 0.234 e. The van der Waals surface area contributed by atoms with Crippen LogP contribution in [0.5, 0.6) is 0 Å². The highest BCUT2D eigenvalue weighted by molar-refractivity contribution is 9.10. The lowest BCUT2D eigenvalue weighted by molar-refractivity contribution is -0.113. The molecule has 0 aliphatic carbocycles. The highest BCUT2D eigenvalue weighted by atomic mass is 79.9. The van der Waals surface area contributed by atoms with Gasteiger partial charge in [0.2, 0.25) is 5.91 Å². The highest BCUT2D eigenvalue weighted by Crippen LogP contribution is 2.20. The van der Waals surface area contributed by atoms with Crippen LogP contribution >= 0.6 is 39.5 Å². The Kier molecular flexibility index (Phi) is 5.94. The number of carbonyl (C=O) groups excluding carboxylic acids is 1. The molecule has 20 heavy (non-hydrogen) atoms. The summed E-state index contributed by atoms with van der Waals surface area (Å²) in [6.45, 7) is 0. The average molecular weight is 369 g/mol. The first-order chi connectivity index (χ1) is 9.67. The summed E-state index contributed by atoms with van der Waals surface area (Å²) >= 11 is 6.40. The van der Waals surface area contributed by atoms with Gasteiger partial charge in [-0.25, -0.2) is 4.98 Å². The lowest BCUT2D eigenvalue weighted by atomic mass is 10.3. The molecule has 1 heterocycles. The van der Waals surface area contributed by atoms with Crippen molar-refractivity contribution in [1.29, 1.82) is 0 Å². The van der Waals surface area contributed by atoms with E-state index in [0.29, 0.717) is 5.75 Å². The molecule has 0 atom stereocenters. The van der Waals surface area contributed by atoms with Crippen LogP contribution in [0.4, 0.5) is 5.69 Å². The van der Waals surface area contributed by atoms with Crippen molar-refractivity contribution in [2.45, 2.75) is 9.92 Å². The number of nitrogens with zero attached hydrogens (tertiary/aromatic N) is 1. The normalized spacial score (nSPS) is 10.3. The van der Waals surface area contributed by atoms with Crippen LogP contribution in [-0.2, 0) is 4.79 Å². The number of rotatable bonds is 5. The first-order valence-electron chi connectivity index (χ1n) is 5.85. The van der Waals surface area contributed by atoms with Crippen LogP contribution < -0.4 is 5.32 Å². The second-order valence-corrected chi connectivity index (χ2v) is 6.67. The van der Waals surface area contributed by atoms with Crippen LogP contribution in [0.1, 0.15) is 0 Å². The maximum Gasteiger partial charge on any atom is 0.234 e. The van der Waals surface area contributed by atoms with Crippen molar-refractivity contribution < 1.29 is 4.79 Å². The van der Waals surface area contributed by atoms with E-state index in [1.54, 1.807) is 18.0 Å². The number of aromatic nitrogens is 1. The van der Waals surface area contributed by atoms with Crippen molar-refractivity contribution in [1.82, 2.24) is 4.98 Å². The summed E-state index contributed by atoms with van der Waals surface area (Å²) in [6, 6.07) is 11.6. The van der Waals surface area contributed by atoms with Crippen molar-refractivity contribution in [2.24, 2.45) is 0 Å². The highest BCUT2D eigenvalue weighted by Gasteiger charge is 2.05. The topological polar surface area (TPSA) is 42.0 Å². The Morgan fingerprint density at radius 3 is 2.90 bits per heavy atom. The van der Waals surface area contributed by atoms with Crippen LogP contribution in [-0.4, -0.2) is 22.9 Å². The summed E-state index contributed by atoms with van der Waals surface area (Å²) < 4.78 is 0.931. The second-order valence-electron chi connectivity index (χ2n) is 3.88. The Balaban J connectivity index is 1.87. The van der Waals surface area contributed by atoms with Gasteiger partial charge < -0.3 is 5.32 Å². The zero-order chi connectivity index (χ0) is 14.4.